The van der Waals surface area contributed by atoms with Crippen LogP contribution in [0.1, 0.15) is 25.7 Å². The molecule has 3 aliphatic rings. The normalized spacial score (nSPS) is 43.7. The van der Waals surface area contributed by atoms with E-state index in [1.165, 1.54) is 31.3 Å². The molecule has 0 bridgehead atoms. The molecular formula is C10H15NO2. The smallest absolute Gasteiger partial charge is 0.0925 e. The van der Waals surface area contributed by atoms with Gasteiger partial charge >= 0.3 is 0 Å². The summed E-state index contributed by atoms with van der Waals surface area (Å²) in [6, 6.07) is 0. The highest BCUT2D eigenvalue weighted by atomic mass is 16.7. The molecule has 0 unspecified atom stereocenters. The Morgan fingerprint density at radius 2 is 2.46 bits per heavy atom. The van der Waals surface area contributed by atoms with Gasteiger partial charge in [0.2, 0.25) is 0 Å². The molecule has 0 aromatic rings. The monoisotopic (exact) mass is 181 g/mol. The van der Waals surface area contributed by atoms with Crippen LogP contribution in [0.5, 0.6) is 0 Å². The van der Waals surface area contributed by atoms with E-state index in [0.29, 0.717) is 12.7 Å². The summed E-state index contributed by atoms with van der Waals surface area (Å²) in [6.07, 6.45) is 7.46. The van der Waals surface area contributed by atoms with Crippen molar-refractivity contribution in [3.8, 4) is 0 Å². The van der Waals surface area contributed by atoms with Crippen molar-refractivity contribution in [3.05, 3.63) is 11.6 Å². The van der Waals surface area contributed by atoms with Crippen LogP contribution < -0.4 is 5.48 Å². The van der Waals surface area contributed by atoms with Gasteiger partial charge in [0.1, 0.15) is 0 Å². The van der Waals surface area contributed by atoms with Gasteiger partial charge in [-0.25, -0.2) is 0 Å². The lowest BCUT2D eigenvalue weighted by Gasteiger charge is -2.40. The highest BCUT2D eigenvalue weighted by Gasteiger charge is 2.50. The second-order valence-electron chi connectivity index (χ2n) is 4.16. The summed E-state index contributed by atoms with van der Waals surface area (Å²) in [6.45, 7) is 1.49. The average Bonchev–Trinajstić information content (AvgIpc) is 2.56. The Balaban J connectivity index is 1.98. The zero-order valence-electron chi connectivity index (χ0n) is 7.71. The lowest BCUT2D eigenvalue weighted by atomic mass is 9.76. The average molecular weight is 181 g/mol. The molecule has 0 amide bonds. The summed E-state index contributed by atoms with van der Waals surface area (Å²) in [5.41, 5.74) is 4.68. The van der Waals surface area contributed by atoms with Gasteiger partial charge in [0, 0.05) is 0 Å². The molecule has 13 heavy (non-hydrogen) atoms. The minimum Gasteiger partial charge on any atom is -0.371 e. The number of rotatable bonds is 0. The van der Waals surface area contributed by atoms with Crippen LogP contribution in [0.25, 0.3) is 0 Å². The number of hydrogen-bond donors (Lipinski definition) is 1. The Morgan fingerprint density at radius 3 is 3.46 bits per heavy atom. The quantitative estimate of drug-likeness (QED) is 0.569. The van der Waals surface area contributed by atoms with E-state index in [9.17, 15) is 0 Å². The van der Waals surface area contributed by atoms with Gasteiger partial charge in [-0.1, -0.05) is 18.9 Å². The number of ether oxygens (including phenoxy) is 1. The molecule has 0 aromatic carbocycles. The first-order valence-corrected chi connectivity index (χ1v) is 5.12. The van der Waals surface area contributed by atoms with Gasteiger partial charge in [0.25, 0.3) is 0 Å². The molecule has 1 saturated carbocycles. The van der Waals surface area contributed by atoms with Crippen molar-refractivity contribution >= 4 is 0 Å². The fourth-order valence-corrected chi connectivity index (χ4v) is 2.79. The topological polar surface area (TPSA) is 30.5 Å². The van der Waals surface area contributed by atoms with Gasteiger partial charge in [0.15, 0.2) is 0 Å². The summed E-state index contributed by atoms with van der Waals surface area (Å²) >= 11 is 0. The molecule has 1 spiro atoms. The van der Waals surface area contributed by atoms with Gasteiger partial charge in [-0.05, 0) is 18.4 Å². The third-order valence-corrected chi connectivity index (χ3v) is 3.52. The number of nitrogens with one attached hydrogen (secondary N) is 1. The van der Waals surface area contributed by atoms with Crippen LogP contribution >= 0.6 is 0 Å². The fraction of sp³-hybridized carbons (Fsp3) is 0.800. The van der Waals surface area contributed by atoms with E-state index in [1.807, 2.05) is 0 Å². The van der Waals surface area contributed by atoms with Crippen LogP contribution in [0.3, 0.4) is 0 Å². The minimum atomic E-state index is 0.0521. The molecule has 2 atom stereocenters. The van der Waals surface area contributed by atoms with Gasteiger partial charge in [-0.3, -0.25) is 4.84 Å². The molecule has 2 aliphatic heterocycles. The Morgan fingerprint density at radius 1 is 1.46 bits per heavy atom. The summed E-state index contributed by atoms with van der Waals surface area (Å²) in [5, 5.41) is 0. The predicted octanol–water partition coefficient (Wildman–Crippen LogP) is 1.16. The van der Waals surface area contributed by atoms with E-state index >= 15 is 0 Å². The Bertz CT molecular complexity index is 251. The third-order valence-electron chi connectivity index (χ3n) is 3.52. The number of hydroxylamine groups is 1. The van der Waals surface area contributed by atoms with Crippen molar-refractivity contribution in [2.24, 2.45) is 0 Å². The van der Waals surface area contributed by atoms with Crippen LogP contribution in [-0.2, 0) is 9.57 Å². The molecule has 3 nitrogen and oxygen atoms in total. The van der Waals surface area contributed by atoms with E-state index in [-0.39, 0.29) is 5.54 Å². The molecule has 1 saturated heterocycles. The van der Waals surface area contributed by atoms with Crippen molar-refractivity contribution in [3.63, 3.8) is 0 Å². The molecule has 0 aromatic heterocycles. The summed E-state index contributed by atoms with van der Waals surface area (Å²) in [4.78, 5) is 5.34. The summed E-state index contributed by atoms with van der Waals surface area (Å²) in [7, 11) is 0. The Kier molecular flexibility index (Phi) is 1.72. The Labute approximate surface area is 78.0 Å². The predicted molar refractivity (Wildman–Crippen MR) is 48.1 cm³/mol. The molecule has 3 heteroatoms. The first-order valence-electron chi connectivity index (χ1n) is 5.12. The van der Waals surface area contributed by atoms with E-state index in [1.54, 1.807) is 0 Å². The van der Waals surface area contributed by atoms with Gasteiger partial charge in [-0.2, -0.15) is 5.48 Å². The van der Waals surface area contributed by atoms with Crippen LogP contribution in [0.15, 0.2) is 11.6 Å². The zero-order chi connectivity index (χ0) is 8.73. The maximum Gasteiger partial charge on any atom is 0.0925 e. The van der Waals surface area contributed by atoms with Gasteiger partial charge in [-0.15, -0.1) is 0 Å². The number of hydrogen-bond acceptors (Lipinski definition) is 3. The molecule has 2 heterocycles. The van der Waals surface area contributed by atoms with Crippen molar-refractivity contribution < 1.29 is 9.57 Å². The van der Waals surface area contributed by atoms with E-state index in [0.717, 1.165) is 6.61 Å². The van der Waals surface area contributed by atoms with Gasteiger partial charge in [0.05, 0.1) is 24.9 Å². The van der Waals surface area contributed by atoms with Crippen molar-refractivity contribution in [2.75, 3.05) is 13.2 Å². The highest BCUT2D eigenvalue weighted by Crippen LogP contribution is 2.42. The highest BCUT2D eigenvalue weighted by molar-refractivity contribution is 5.29. The molecular weight excluding hydrogens is 166 g/mol. The lowest BCUT2D eigenvalue weighted by Crippen LogP contribution is -2.56. The van der Waals surface area contributed by atoms with Crippen LogP contribution in [-0.4, -0.2) is 24.9 Å². The lowest BCUT2D eigenvalue weighted by molar-refractivity contribution is -0.0591. The maximum absolute atomic E-state index is 5.78. The first kappa shape index (κ1) is 7.97. The maximum atomic E-state index is 5.78. The molecule has 1 aliphatic carbocycles. The molecule has 2 fully saturated rings. The SMILES string of the molecule is C1=C2CO[C@H]3CCCC[C@@]23NOC1. The largest absolute Gasteiger partial charge is 0.371 e. The summed E-state index contributed by atoms with van der Waals surface area (Å²) in [5.74, 6) is 0. The minimum absolute atomic E-state index is 0.0521. The van der Waals surface area contributed by atoms with E-state index < -0.39 is 0 Å². The Hall–Kier alpha value is -0.380. The van der Waals surface area contributed by atoms with Crippen molar-refractivity contribution in [1.29, 1.82) is 0 Å². The van der Waals surface area contributed by atoms with Crippen LogP contribution in [0.2, 0.25) is 0 Å². The molecule has 1 N–H and O–H groups in total. The standard InChI is InChI=1S/C10H15NO2/c1-2-5-10-8(4-6-13-11-10)7-12-9(10)3-1/h4,9,11H,1-3,5-7H2/t9-,10+/m0/s1. The van der Waals surface area contributed by atoms with E-state index in [4.69, 9.17) is 9.57 Å². The molecule has 72 valence electrons. The van der Waals surface area contributed by atoms with Crippen LogP contribution in [0.4, 0.5) is 0 Å². The third kappa shape index (κ3) is 1.01. The van der Waals surface area contributed by atoms with Crippen molar-refractivity contribution in [1.82, 2.24) is 5.48 Å². The van der Waals surface area contributed by atoms with E-state index in [2.05, 4.69) is 11.6 Å². The zero-order valence-corrected chi connectivity index (χ0v) is 7.71. The van der Waals surface area contributed by atoms with Crippen molar-refractivity contribution in [2.45, 2.75) is 37.3 Å². The molecule has 3 rings (SSSR count). The van der Waals surface area contributed by atoms with Gasteiger partial charge < -0.3 is 4.74 Å². The first-order chi connectivity index (χ1) is 6.42. The fourth-order valence-electron chi connectivity index (χ4n) is 2.79. The molecule has 0 radical (unpaired) electrons. The second-order valence-corrected chi connectivity index (χ2v) is 4.16. The summed E-state index contributed by atoms with van der Waals surface area (Å²) < 4.78 is 5.78. The van der Waals surface area contributed by atoms with Crippen LogP contribution in [0, 0.1) is 0 Å². The second kappa shape index (κ2) is 2.80.